The fourth-order valence-corrected chi connectivity index (χ4v) is 2.32. The highest BCUT2D eigenvalue weighted by Crippen LogP contribution is 2.23. The summed E-state index contributed by atoms with van der Waals surface area (Å²) in [6.45, 7) is 4.67. The molecule has 5 heteroatoms. The van der Waals surface area contributed by atoms with Crippen LogP contribution in [0.4, 0.5) is 0 Å². The topological polar surface area (TPSA) is 79.0 Å². The lowest BCUT2D eigenvalue weighted by Crippen LogP contribution is -2.25. The van der Waals surface area contributed by atoms with Crippen LogP contribution >= 0.6 is 11.8 Å². The molecule has 1 aromatic carbocycles. The molecule has 0 fully saturated rings. The molecule has 0 spiro atoms. The van der Waals surface area contributed by atoms with Gasteiger partial charge in [0.25, 0.3) is 0 Å². The monoisotopic (exact) mass is 265 g/mol. The van der Waals surface area contributed by atoms with E-state index in [2.05, 4.69) is 5.32 Å². The van der Waals surface area contributed by atoms with E-state index >= 15 is 0 Å². The number of carbonyl (C=O) groups is 1. The SMILES string of the molecule is CCCNC(=O)CSc1ccc(C)cc1C(=N)N. The Balaban J connectivity index is 2.67. The summed E-state index contributed by atoms with van der Waals surface area (Å²) in [5.74, 6) is 0.399. The van der Waals surface area contributed by atoms with Crippen LogP contribution in [0.2, 0.25) is 0 Å². The van der Waals surface area contributed by atoms with Crippen molar-refractivity contribution >= 4 is 23.5 Å². The van der Waals surface area contributed by atoms with Gasteiger partial charge in [-0.3, -0.25) is 10.2 Å². The fourth-order valence-electron chi connectivity index (χ4n) is 1.44. The third-order valence-corrected chi connectivity index (χ3v) is 3.43. The van der Waals surface area contributed by atoms with E-state index in [1.807, 2.05) is 32.0 Å². The van der Waals surface area contributed by atoms with Gasteiger partial charge >= 0.3 is 0 Å². The molecule has 0 saturated heterocycles. The van der Waals surface area contributed by atoms with E-state index < -0.39 is 0 Å². The van der Waals surface area contributed by atoms with Crippen molar-refractivity contribution in [2.45, 2.75) is 25.2 Å². The standard InChI is InChI=1S/C13H19N3OS/c1-3-6-16-12(17)8-18-11-5-4-9(2)7-10(11)13(14)15/h4-5,7H,3,6,8H2,1-2H3,(H3,14,15)(H,16,17). The van der Waals surface area contributed by atoms with Crippen LogP contribution in [-0.4, -0.2) is 24.0 Å². The second kappa shape index (κ2) is 7.06. The van der Waals surface area contributed by atoms with Crippen molar-refractivity contribution < 1.29 is 4.79 Å². The predicted molar refractivity (Wildman–Crippen MR) is 76.2 cm³/mol. The first kappa shape index (κ1) is 14.6. The molecular formula is C13H19N3OS. The maximum atomic E-state index is 11.5. The van der Waals surface area contributed by atoms with Crippen LogP contribution in [-0.2, 0) is 4.79 Å². The molecule has 0 radical (unpaired) electrons. The molecule has 0 saturated carbocycles. The van der Waals surface area contributed by atoms with Gasteiger partial charge in [-0.1, -0.05) is 18.6 Å². The summed E-state index contributed by atoms with van der Waals surface area (Å²) in [6, 6.07) is 5.73. The number of carbonyl (C=O) groups excluding carboxylic acids is 1. The summed E-state index contributed by atoms with van der Waals surface area (Å²) < 4.78 is 0. The molecule has 0 aromatic heterocycles. The normalized spacial score (nSPS) is 10.1. The summed E-state index contributed by atoms with van der Waals surface area (Å²) >= 11 is 1.41. The number of hydrogen-bond acceptors (Lipinski definition) is 3. The minimum Gasteiger partial charge on any atom is -0.384 e. The highest BCUT2D eigenvalue weighted by Gasteiger charge is 2.08. The van der Waals surface area contributed by atoms with Crippen molar-refractivity contribution in [1.29, 1.82) is 5.41 Å². The summed E-state index contributed by atoms with van der Waals surface area (Å²) in [4.78, 5) is 12.4. The quantitative estimate of drug-likeness (QED) is 0.417. The van der Waals surface area contributed by atoms with Crippen molar-refractivity contribution in [2.24, 2.45) is 5.73 Å². The second-order valence-electron chi connectivity index (χ2n) is 4.05. The Labute approximate surface area is 112 Å². The van der Waals surface area contributed by atoms with Crippen molar-refractivity contribution in [1.82, 2.24) is 5.32 Å². The number of hydrogen-bond donors (Lipinski definition) is 3. The van der Waals surface area contributed by atoms with E-state index in [1.54, 1.807) is 0 Å². The van der Waals surface area contributed by atoms with Gasteiger partial charge < -0.3 is 11.1 Å². The summed E-state index contributed by atoms with van der Waals surface area (Å²) in [7, 11) is 0. The Morgan fingerprint density at radius 1 is 1.50 bits per heavy atom. The van der Waals surface area contributed by atoms with Gasteiger partial charge in [-0.25, -0.2) is 0 Å². The van der Waals surface area contributed by atoms with Crippen molar-refractivity contribution in [3.63, 3.8) is 0 Å². The molecule has 18 heavy (non-hydrogen) atoms. The lowest BCUT2D eigenvalue weighted by Gasteiger charge is -2.09. The Bertz CT molecular complexity index is 446. The number of thioether (sulfide) groups is 1. The number of amidine groups is 1. The molecule has 4 N–H and O–H groups in total. The number of amides is 1. The largest absolute Gasteiger partial charge is 0.384 e. The third-order valence-electron chi connectivity index (χ3n) is 2.36. The number of rotatable bonds is 6. The third kappa shape index (κ3) is 4.41. The molecular weight excluding hydrogens is 246 g/mol. The number of benzene rings is 1. The van der Waals surface area contributed by atoms with Gasteiger partial charge in [0.05, 0.1) is 5.75 Å². The second-order valence-corrected chi connectivity index (χ2v) is 5.07. The van der Waals surface area contributed by atoms with Crippen LogP contribution in [0.1, 0.15) is 24.5 Å². The molecule has 1 rings (SSSR count). The Kier molecular flexibility index (Phi) is 5.71. The van der Waals surface area contributed by atoms with Gasteiger partial charge in [-0.05, 0) is 25.5 Å². The van der Waals surface area contributed by atoms with Gasteiger partial charge in [0, 0.05) is 17.0 Å². The molecule has 0 aliphatic heterocycles. The zero-order valence-electron chi connectivity index (χ0n) is 10.7. The van der Waals surface area contributed by atoms with Gasteiger partial charge in [0.1, 0.15) is 5.84 Å². The first-order valence-corrected chi connectivity index (χ1v) is 6.87. The van der Waals surface area contributed by atoms with Gasteiger partial charge in [-0.2, -0.15) is 0 Å². The number of nitrogens with two attached hydrogens (primary N) is 1. The Morgan fingerprint density at radius 2 is 2.22 bits per heavy atom. The minimum absolute atomic E-state index is 0.0110. The lowest BCUT2D eigenvalue weighted by atomic mass is 10.1. The molecule has 0 bridgehead atoms. The lowest BCUT2D eigenvalue weighted by molar-refractivity contribution is -0.118. The van der Waals surface area contributed by atoms with Crippen molar-refractivity contribution in [3.8, 4) is 0 Å². The van der Waals surface area contributed by atoms with Crippen LogP contribution in [0.15, 0.2) is 23.1 Å². The first-order valence-electron chi connectivity index (χ1n) is 5.89. The van der Waals surface area contributed by atoms with Gasteiger partial charge in [0.15, 0.2) is 0 Å². The number of aryl methyl sites for hydroxylation is 1. The molecule has 0 atom stereocenters. The van der Waals surface area contributed by atoms with Crippen LogP contribution < -0.4 is 11.1 Å². The highest BCUT2D eigenvalue weighted by molar-refractivity contribution is 8.00. The van der Waals surface area contributed by atoms with E-state index in [4.69, 9.17) is 11.1 Å². The molecule has 0 heterocycles. The smallest absolute Gasteiger partial charge is 0.230 e. The Morgan fingerprint density at radius 3 is 2.83 bits per heavy atom. The average Bonchev–Trinajstić information content (AvgIpc) is 2.34. The maximum Gasteiger partial charge on any atom is 0.230 e. The molecule has 0 aliphatic carbocycles. The fraction of sp³-hybridized carbons (Fsp3) is 0.385. The Hall–Kier alpha value is -1.49. The summed E-state index contributed by atoms with van der Waals surface area (Å²) in [5.41, 5.74) is 7.29. The van der Waals surface area contributed by atoms with Crippen LogP contribution in [0.5, 0.6) is 0 Å². The summed E-state index contributed by atoms with van der Waals surface area (Å²) in [5, 5.41) is 10.4. The molecule has 98 valence electrons. The minimum atomic E-state index is 0.0110. The summed E-state index contributed by atoms with van der Waals surface area (Å²) in [6.07, 6.45) is 0.930. The molecule has 4 nitrogen and oxygen atoms in total. The van der Waals surface area contributed by atoms with Gasteiger partial charge in [-0.15, -0.1) is 11.8 Å². The number of nitrogen functional groups attached to an aromatic ring is 1. The molecule has 1 amide bonds. The van der Waals surface area contributed by atoms with Gasteiger partial charge in [0.2, 0.25) is 5.91 Å². The zero-order valence-corrected chi connectivity index (χ0v) is 11.6. The first-order chi connectivity index (χ1) is 8.54. The molecule has 1 aromatic rings. The average molecular weight is 265 g/mol. The maximum absolute atomic E-state index is 11.5. The van der Waals surface area contributed by atoms with Crippen LogP contribution in [0.25, 0.3) is 0 Å². The van der Waals surface area contributed by atoms with Crippen molar-refractivity contribution in [3.05, 3.63) is 29.3 Å². The predicted octanol–water partition coefficient (Wildman–Crippen LogP) is 1.90. The van der Waals surface area contributed by atoms with E-state index in [9.17, 15) is 4.79 Å². The van der Waals surface area contributed by atoms with Crippen molar-refractivity contribution in [2.75, 3.05) is 12.3 Å². The zero-order chi connectivity index (χ0) is 13.5. The van der Waals surface area contributed by atoms with Crippen LogP contribution in [0.3, 0.4) is 0 Å². The van der Waals surface area contributed by atoms with Crippen LogP contribution in [0, 0.1) is 12.3 Å². The molecule has 0 aliphatic rings. The van der Waals surface area contributed by atoms with E-state index in [0.717, 1.165) is 16.9 Å². The van der Waals surface area contributed by atoms with E-state index in [0.29, 0.717) is 17.9 Å². The van der Waals surface area contributed by atoms with E-state index in [1.165, 1.54) is 11.8 Å². The molecule has 0 unspecified atom stereocenters. The van der Waals surface area contributed by atoms with E-state index in [-0.39, 0.29) is 11.7 Å². The highest BCUT2D eigenvalue weighted by atomic mass is 32.2. The number of nitrogens with one attached hydrogen (secondary N) is 2.